The van der Waals surface area contributed by atoms with Gasteiger partial charge in [0.15, 0.2) is 44.4 Å². The molecule has 488 valence electrons. The molecule has 4 fully saturated rings. The Morgan fingerprint density at radius 1 is 0.558 bits per heavy atom. The van der Waals surface area contributed by atoms with Crippen LogP contribution in [-0.4, -0.2) is 159 Å². The van der Waals surface area contributed by atoms with Crippen molar-refractivity contribution in [2.24, 2.45) is 0 Å². The predicted octanol–water partition coefficient (Wildman–Crippen LogP) is 13.5. The van der Waals surface area contributed by atoms with Crippen LogP contribution in [0.15, 0.2) is 67.9 Å². The third-order valence-corrected chi connectivity index (χ3v) is 25.4. The number of nitrogens with one attached hydrogen (secondary N) is 9. The summed E-state index contributed by atoms with van der Waals surface area (Å²) in [6.45, 7) is 17.3. The van der Waals surface area contributed by atoms with Gasteiger partial charge in [0.1, 0.15) is 32.1 Å². The van der Waals surface area contributed by atoms with E-state index in [1.54, 1.807) is 80.4 Å². The molecule has 4 aliphatic rings. The Labute approximate surface area is 570 Å². The summed E-state index contributed by atoms with van der Waals surface area (Å²) < 4.78 is 0. The second-order valence-corrected chi connectivity index (χ2v) is 32.1. The van der Waals surface area contributed by atoms with Crippen LogP contribution in [0, 0.1) is 20.8 Å². The molecule has 0 aliphatic carbocycles. The molecule has 14 aromatic heterocycles. The Hall–Kier alpha value is -8.07. The Morgan fingerprint density at radius 3 is 1.74 bits per heavy atom. The molecule has 0 radical (unpaired) electrons. The molecule has 30 heteroatoms. The van der Waals surface area contributed by atoms with Crippen LogP contribution in [-0.2, 0) is 0 Å². The minimum Gasteiger partial charge on any atom is -0.359 e. The van der Waals surface area contributed by atoms with Crippen LogP contribution in [0.2, 0.25) is 0 Å². The largest absolute Gasteiger partial charge is 0.359 e. The first-order valence-corrected chi connectivity index (χ1v) is 37.0. The van der Waals surface area contributed by atoms with Gasteiger partial charge in [-0.05, 0) is 125 Å². The van der Waals surface area contributed by atoms with Crippen LogP contribution in [0.5, 0.6) is 0 Å². The third kappa shape index (κ3) is 12.0. The zero-order valence-electron chi connectivity index (χ0n) is 54.0. The van der Waals surface area contributed by atoms with E-state index in [1.165, 1.54) is 12.8 Å². The maximum atomic E-state index is 4.95. The van der Waals surface area contributed by atoms with Crippen LogP contribution < -0.4 is 31.1 Å². The van der Waals surface area contributed by atoms with Gasteiger partial charge < -0.3 is 41.0 Å². The van der Waals surface area contributed by atoms with Crippen molar-refractivity contribution in [1.82, 2.24) is 106 Å². The summed E-state index contributed by atoms with van der Waals surface area (Å²) in [5.74, 6) is 0. The van der Waals surface area contributed by atoms with E-state index in [-0.39, 0.29) is 11.1 Å². The average molecular weight is 1380 g/mol. The molecule has 4 aliphatic heterocycles. The molecule has 24 nitrogen and oxygen atoms in total. The Kier molecular flexibility index (Phi) is 16.2. The molecule has 2 bridgehead atoms. The molecule has 95 heavy (non-hydrogen) atoms. The lowest BCUT2D eigenvalue weighted by Crippen LogP contribution is -2.58. The summed E-state index contributed by atoms with van der Waals surface area (Å²) in [7, 11) is 4.35. The average Bonchev–Trinajstić information content (AvgIpc) is 1.62. The smallest absolute Gasteiger partial charge is 0.188 e. The van der Waals surface area contributed by atoms with Crippen LogP contribution in [0.3, 0.4) is 0 Å². The first-order valence-electron chi connectivity index (χ1n) is 32.1. The van der Waals surface area contributed by atoms with Crippen LogP contribution >= 0.6 is 68.0 Å². The van der Waals surface area contributed by atoms with Crippen LogP contribution in [0.4, 0.5) is 15.4 Å². The molecule has 14 aromatic rings. The summed E-state index contributed by atoms with van der Waals surface area (Å²) in [6, 6.07) is 6.73. The van der Waals surface area contributed by atoms with Crippen molar-refractivity contribution < 1.29 is 0 Å². The molecule has 18 rings (SSSR count). The molecule has 0 spiro atoms. The summed E-state index contributed by atoms with van der Waals surface area (Å²) in [6.07, 6.45) is 26.2. The fraction of sp³-hybridized carbons (Fsp3) is 0.400. The topological polar surface area (TPSA) is 301 Å². The Morgan fingerprint density at radius 2 is 1.15 bits per heavy atom. The van der Waals surface area contributed by atoms with Gasteiger partial charge in [-0.3, -0.25) is 30.2 Å². The molecule has 18 heterocycles. The van der Waals surface area contributed by atoms with Gasteiger partial charge in [0.05, 0.1) is 47.2 Å². The van der Waals surface area contributed by atoms with E-state index in [9.17, 15) is 0 Å². The number of hydrogen-bond acceptors (Lipinski definition) is 25. The number of nitrogens with zero attached hydrogens (tertiary/aromatic N) is 15. The highest BCUT2D eigenvalue weighted by molar-refractivity contribution is 7.31. The number of hydrogen-bond donors (Lipinski definition) is 9. The van der Waals surface area contributed by atoms with Crippen LogP contribution in [0.1, 0.15) is 96.1 Å². The minimum atomic E-state index is 0.240. The number of thiazole rings is 6. The monoisotopic (exact) mass is 1380 g/mol. The highest BCUT2D eigenvalue weighted by atomic mass is 32.1. The number of H-pyrrole nitrogens is 5. The number of pyridine rings is 2. The lowest BCUT2D eigenvalue weighted by Gasteiger charge is -2.45. The van der Waals surface area contributed by atoms with Crippen LogP contribution in [0.25, 0.3) is 116 Å². The Balaban J connectivity index is 0.000000113. The molecule has 7 atom stereocenters. The summed E-state index contributed by atoms with van der Waals surface area (Å²) in [5.41, 5.74) is 13.9. The molecular weight excluding hydrogens is 1310 g/mol. The highest BCUT2D eigenvalue weighted by Gasteiger charge is 2.50. The van der Waals surface area contributed by atoms with E-state index in [2.05, 4.69) is 136 Å². The molecule has 0 aromatic carbocycles. The van der Waals surface area contributed by atoms with Gasteiger partial charge in [0, 0.05) is 136 Å². The van der Waals surface area contributed by atoms with Gasteiger partial charge in [-0.2, -0.15) is 15.3 Å². The maximum absolute atomic E-state index is 4.95. The van der Waals surface area contributed by atoms with Crippen molar-refractivity contribution in [3.63, 3.8) is 0 Å². The van der Waals surface area contributed by atoms with E-state index < -0.39 is 0 Å². The fourth-order valence-electron chi connectivity index (χ4n) is 14.3. The van der Waals surface area contributed by atoms with E-state index >= 15 is 0 Å². The molecule has 3 unspecified atom stereocenters. The van der Waals surface area contributed by atoms with Gasteiger partial charge in [-0.1, -0.05) is 68.0 Å². The number of aromatic amines is 5. The number of piperidine rings is 3. The van der Waals surface area contributed by atoms with Crippen molar-refractivity contribution in [1.29, 1.82) is 0 Å². The van der Waals surface area contributed by atoms with Crippen molar-refractivity contribution in [2.45, 2.75) is 141 Å². The van der Waals surface area contributed by atoms with Gasteiger partial charge in [-0.15, -0.1) is 0 Å². The number of aryl methyl sites for hydroxylation is 3. The van der Waals surface area contributed by atoms with Crippen molar-refractivity contribution in [3.8, 4) is 65.6 Å². The van der Waals surface area contributed by atoms with Gasteiger partial charge >= 0.3 is 0 Å². The van der Waals surface area contributed by atoms with E-state index in [4.69, 9.17) is 39.9 Å². The summed E-state index contributed by atoms with van der Waals surface area (Å²) in [5, 5.41) is 43.8. The summed E-state index contributed by atoms with van der Waals surface area (Å²) >= 11 is 9.75. The number of aromatic nitrogens is 18. The lowest BCUT2D eigenvalue weighted by molar-refractivity contribution is 0.208. The zero-order valence-corrected chi connectivity index (χ0v) is 58.9. The molecule has 4 saturated heterocycles. The lowest BCUT2D eigenvalue weighted by atomic mass is 9.84. The highest BCUT2D eigenvalue weighted by Crippen LogP contribution is 2.47. The fourth-order valence-corrected chi connectivity index (χ4v) is 20.4. The summed E-state index contributed by atoms with van der Waals surface area (Å²) in [4.78, 5) is 65.3. The van der Waals surface area contributed by atoms with E-state index in [1.807, 2.05) is 64.1 Å². The van der Waals surface area contributed by atoms with Gasteiger partial charge in [-0.25, -0.2) is 34.9 Å². The normalized spacial score (nSPS) is 22.0. The van der Waals surface area contributed by atoms with Crippen molar-refractivity contribution in [2.75, 3.05) is 42.3 Å². The molecular formula is C65H72N24S6. The number of anilines is 3. The second kappa shape index (κ2) is 24.9. The standard InChI is InChI=1S/C23H28N8S2.C22H24N8S2.C20H20N8S2/c1-12-17(13(2)29-28-12)15-10-25-16(11-24-15)18-26-19-20(32-18)27-21(33-19)31(5)14-8-22(3)6-7-23(4,9-14)30-22;1-11-8-13(4-6-23-11)30(3)22-28-21-20(32-22)27-19(31-21)18-17-14(5-7-24-17)16(9-25-18)15-10-26-29-12(15)2;1-10-6-12(2-4-21-10)26-20-28-19-18(30-20)27-17(29-19)16-15-13(3-5-22-15)14(9-23-16)11-7-24-25-8-11/h10-11,14,30H,6-9H2,1-5H3,(H,28,29);5,7,9-11,13,23-24H,4,6,8H2,1-3H3,(H,26,29);3,5,7-10,12,21-22H,2,4,6H2,1H3,(H,24,25)(H,26,28)/t14?,22-,23+;11-,13?;10-,12?/m.00/s1. The van der Waals surface area contributed by atoms with Gasteiger partial charge in [0.2, 0.25) is 0 Å². The maximum Gasteiger partial charge on any atom is 0.188 e. The van der Waals surface area contributed by atoms with Crippen molar-refractivity contribution >= 4 is 134 Å². The number of rotatable bonds is 12. The minimum absolute atomic E-state index is 0.240. The van der Waals surface area contributed by atoms with Crippen molar-refractivity contribution in [3.05, 3.63) is 85.0 Å². The first kappa shape index (κ1) is 61.8. The van der Waals surface area contributed by atoms with Gasteiger partial charge in [0.25, 0.3) is 0 Å². The second-order valence-electron chi connectivity index (χ2n) is 26.2. The molecule has 0 saturated carbocycles. The zero-order chi connectivity index (χ0) is 64.9. The first-order chi connectivity index (χ1) is 46.0. The van der Waals surface area contributed by atoms with E-state index in [0.29, 0.717) is 30.2 Å². The predicted molar refractivity (Wildman–Crippen MR) is 388 cm³/mol. The molecule has 0 amide bonds. The number of fused-ring (bicyclic) bond motifs is 7. The third-order valence-electron chi connectivity index (χ3n) is 19.1. The quantitative estimate of drug-likeness (QED) is 0.0549. The Bertz CT molecular complexity index is 4920. The SMILES string of the molecule is C[C@H]1CC(Nc2nc3sc(-c4ncc(-c5cn[nH]c5)c5cc[nH]c45)nc3s2)CCN1.Cc1[nH]ncc1-c1cnc(-c2nc3sc(N(C)C4CCN[C@@H](C)C4)nc3s2)c2[nH]ccc12.Cc1n[nH]c(C)c1-c1cnc(-c2nc3sc(N(C)C4C[C@]5(C)CC[C@](C)(C4)N5)nc3s2)cn1. The molecule has 9 N–H and O–H groups in total. The van der Waals surface area contributed by atoms with E-state index in [0.717, 1.165) is 200 Å².